The van der Waals surface area contributed by atoms with Crippen LogP contribution in [0.4, 0.5) is 0 Å². The van der Waals surface area contributed by atoms with Gasteiger partial charge >= 0.3 is 23.9 Å². The van der Waals surface area contributed by atoms with E-state index in [4.69, 9.17) is 18.9 Å². The van der Waals surface area contributed by atoms with E-state index in [0.29, 0.717) is 38.0 Å². The molecule has 0 aromatic rings. The number of rotatable bonds is 24. The molecule has 356 valence electrons. The zero-order valence-electron chi connectivity index (χ0n) is 41.2. The molecule has 0 aromatic carbocycles. The summed E-state index contributed by atoms with van der Waals surface area (Å²) in [6.07, 6.45) is 11.4. The molecule has 0 unspecified atom stereocenters. The number of piperidine rings is 2. The second kappa shape index (κ2) is 23.9. The summed E-state index contributed by atoms with van der Waals surface area (Å²) < 4.78 is 23.2. The van der Waals surface area contributed by atoms with Crippen LogP contribution in [0.1, 0.15) is 160 Å². The normalized spacial score (nSPS) is 23.0. The summed E-state index contributed by atoms with van der Waals surface area (Å²) in [6.45, 7) is 38.3. The average molecular weight is 873 g/mol. The Morgan fingerprint density at radius 3 is 1.06 bits per heavy atom. The van der Waals surface area contributed by atoms with E-state index in [2.05, 4.69) is 88.1 Å². The van der Waals surface area contributed by atoms with Crippen molar-refractivity contribution in [1.29, 1.82) is 0 Å². The first-order valence-corrected chi connectivity index (χ1v) is 23.9. The summed E-state index contributed by atoms with van der Waals surface area (Å²) in [6, 6.07) is 0. The first-order valence-electron chi connectivity index (χ1n) is 23.9. The van der Waals surface area contributed by atoms with Gasteiger partial charge in [-0.05, 0) is 121 Å². The van der Waals surface area contributed by atoms with Crippen LogP contribution in [-0.2, 0) is 38.1 Å². The Hall–Kier alpha value is -2.80. The lowest BCUT2D eigenvalue weighted by molar-refractivity contribution is -0.161. The Kier molecular flexibility index (Phi) is 20.7. The summed E-state index contributed by atoms with van der Waals surface area (Å²) in [5.41, 5.74) is -0.541. The molecule has 12 heteroatoms. The van der Waals surface area contributed by atoms with Crippen molar-refractivity contribution in [3.8, 4) is 0 Å². The second-order valence-corrected chi connectivity index (χ2v) is 21.7. The molecule has 0 aromatic heterocycles. The smallest absolute Gasteiger partial charge is 0.307 e. The van der Waals surface area contributed by atoms with Gasteiger partial charge in [0.05, 0.1) is 37.9 Å². The van der Waals surface area contributed by atoms with Gasteiger partial charge in [-0.15, -0.1) is 13.2 Å². The number of likely N-dealkylation sites (tertiary alicyclic amines) is 2. The van der Waals surface area contributed by atoms with Gasteiger partial charge in [0.2, 0.25) is 0 Å². The highest BCUT2D eigenvalue weighted by atomic mass is 16.6. The minimum absolute atomic E-state index is 0.135. The van der Waals surface area contributed by atoms with Crippen LogP contribution < -0.4 is 0 Å². The van der Waals surface area contributed by atoms with Crippen molar-refractivity contribution in [2.24, 2.45) is 11.8 Å². The summed E-state index contributed by atoms with van der Waals surface area (Å²) in [4.78, 5) is 61.3. The molecule has 0 atom stereocenters. The Labute approximate surface area is 376 Å². The maximum atomic E-state index is 13.4. The van der Waals surface area contributed by atoms with Crippen molar-refractivity contribution >= 4 is 23.9 Å². The van der Waals surface area contributed by atoms with Crippen LogP contribution in [0.25, 0.3) is 0 Å². The van der Waals surface area contributed by atoms with Gasteiger partial charge in [-0.3, -0.25) is 29.0 Å². The monoisotopic (exact) mass is 873 g/mol. The number of ether oxygens (including phenoxy) is 4. The molecule has 3 aliphatic rings. The topological polar surface area (TPSA) is 118 Å². The van der Waals surface area contributed by atoms with Crippen LogP contribution >= 0.6 is 0 Å². The van der Waals surface area contributed by atoms with Crippen molar-refractivity contribution in [1.82, 2.24) is 19.6 Å². The zero-order valence-corrected chi connectivity index (χ0v) is 41.2. The number of carbonyl (C=O) groups is 4. The molecule has 62 heavy (non-hydrogen) atoms. The highest BCUT2D eigenvalue weighted by Crippen LogP contribution is 2.41. The molecule has 0 radical (unpaired) electrons. The van der Waals surface area contributed by atoms with Crippen molar-refractivity contribution in [2.75, 3.05) is 52.4 Å². The Morgan fingerprint density at radius 1 is 0.532 bits per heavy atom. The quantitative estimate of drug-likeness (QED) is 0.0527. The molecular weight excluding hydrogens is 785 g/mol. The minimum atomic E-state index is -0.227. The van der Waals surface area contributed by atoms with Gasteiger partial charge in [0.1, 0.15) is 12.2 Å². The fourth-order valence-corrected chi connectivity index (χ4v) is 10.9. The summed E-state index contributed by atoms with van der Waals surface area (Å²) in [5.74, 6) is 0.00917. The van der Waals surface area contributed by atoms with E-state index in [1.54, 1.807) is 0 Å². The lowest BCUT2D eigenvalue weighted by atomic mass is 9.78. The van der Waals surface area contributed by atoms with E-state index in [9.17, 15) is 19.2 Å². The molecule has 3 fully saturated rings. The van der Waals surface area contributed by atoms with Gasteiger partial charge in [0.25, 0.3) is 0 Å². The molecule has 12 nitrogen and oxygen atoms in total. The molecule has 0 amide bonds. The van der Waals surface area contributed by atoms with Crippen molar-refractivity contribution < 1.29 is 38.1 Å². The fraction of sp³-hybridized carbons (Fsp3) is 0.840. The number of hydrogen-bond donors (Lipinski definition) is 0. The van der Waals surface area contributed by atoms with Gasteiger partial charge in [-0.25, -0.2) is 0 Å². The third-order valence-corrected chi connectivity index (χ3v) is 13.3. The van der Waals surface area contributed by atoms with Gasteiger partial charge < -0.3 is 28.7 Å². The predicted octanol–water partition coefficient (Wildman–Crippen LogP) is 8.36. The Balaban J connectivity index is 1.58. The predicted molar refractivity (Wildman–Crippen MR) is 248 cm³/mol. The lowest BCUT2D eigenvalue weighted by Crippen LogP contribution is -2.62. The molecule has 2 aliphatic heterocycles. The molecule has 1 saturated carbocycles. The Morgan fingerprint density at radius 2 is 0.806 bits per heavy atom. The van der Waals surface area contributed by atoms with Crippen molar-refractivity contribution in [3.05, 3.63) is 25.3 Å². The molecule has 2 saturated heterocycles. The van der Waals surface area contributed by atoms with Gasteiger partial charge in [-0.2, -0.15) is 0 Å². The van der Waals surface area contributed by atoms with Crippen LogP contribution in [-0.4, -0.2) is 142 Å². The molecule has 0 bridgehead atoms. The van der Waals surface area contributed by atoms with E-state index in [0.717, 1.165) is 77.5 Å². The molecule has 2 heterocycles. The van der Waals surface area contributed by atoms with Crippen LogP contribution in [0.3, 0.4) is 0 Å². The maximum Gasteiger partial charge on any atom is 0.307 e. The third kappa shape index (κ3) is 17.6. The maximum absolute atomic E-state index is 13.4. The summed E-state index contributed by atoms with van der Waals surface area (Å²) in [7, 11) is 0. The van der Waals surface area contributed by atoms with Gasteiger partial charge in [0.15, 0.2) is 0 Å². The Bertz CT molecular complexity index is 1320. The van der Waals surface area contributed by atoms with E-state index < -0.39 is 0 Å². The first-order chi connectivity index (χ1) is 28.8. The molecule has 0 N–H and O–H groups in total. The molecule has 0 spiro atoms. The highest BCUT2D eigenvalue weighted by Gasteiger charge is 2.47. The number of esters is 4. The first kappa shape index (κ1) is 53.5. The third-order valence-electron chi connectivity index (χ3n) is 13.3. The van der Waals surface area contributed by atoms with Crippen LogP contribution in [0.2, 0.25) is 0 Å². The average Bonchev–Trinajstić information content (AvgIpc) is 3.13. The molecule has 1 aliphatic carbocycles. The van der Waals surface area contributed by atoms with Crippen LogP contribution in [0, 0.1) is 11.8 Å². The highest BCUT2D eigenvalue weighted by molar-refractivity contribution is 5.71. The second-order valence-electron chi connectivity index (χ2n) is 21.7. The zero-order chi connectivity index (χ0) is 46.5. The summed E-state index contributed by atoms with van der Waals surface area (Å²) in [5, 5.41) is 0. The van der Waals surface area contributed by atoms with E-state index in [1.807, 2.05) is 39.8 Å². The van der Waals surface area contributed by atoms with Crippen molar-refractivity contribution in [3.63, 3.8) is 0 Å². The molecular formula is C50H88N4O8. The minimum Gasteiger partial charge on any atom is -0.463 e. The van der Waals surface area contributed by atoms with E-state index >= 15 is 0 Å². The standard InChI is InChI=1S/C50H88N4O8/c1-15-25-53-47(7,8)31-41(32-48(53,9)10)61-45(57)23-29-51(27-21-43(55)59-37(3)4)35-39-17-19-40(20-18-39)36-52(28-22-44(56)60-38(5)6)30-24-46(58)62-42-33-49(11,12)54(26-16-2)50(13,14)34-42/h15-16,37-42H,1-2,17-36H2,3-14H3. The molecule has 3 rings (SSSR count). The largest absolute Gasteiger partial charge is 0.463 e. The fourth-order valence-electron chi connectivity index (χ4n) is 10.9. The summed E-state index contributed by atoms with van der Waals surface area (Å²) >= 11 is 0. The number of hydrogen-bond acceptors (Lipinski definition) is 12. The van der Waals surface area contributed by atoms with E-state index in [1.165, 1.54) is 0 Å². The van der Waals surface area contributed by atoms with Gasteiger partial charge in [-0.1, -0.05) is 12.2 Å². The van der Waals surface area contributed by atoms with E-state index in [-0.39, 0.29) is 96.1 Å². The lowest BCUT2D eigenvalue weighted by Gasteiger charge is -2.54. The number of carbonyl (C=O) groups excluding carboxylic acids is 4. The van der Waals surface area contributed by atoms with Crippen LogP contribution in [0.15, 0.2) is 25.3 Å². The number of nitrogens with zero attached hydrogens (tertiary/aromatic N) is 4. The van der Waals surface area contributed by atoms with Crippen molar-refractivity contribution in [2.45, 2.75) is 207 Å². The SMILES string of the molecule is C=CCN1C(C)(C)CC(OC(=O)CCN(CCC(=O)OC(C)C)CC2CCC(CN(CCC(=O)OC(C)C)CCC(=O)OC3CC(C)(C)N(CC=C)C(C)(C)C3)CC2)CC1(C)C. The van der Waals surface area contributed by atoms with Crippen LogP contribution in [0.5, 0.6) is 0 Å². The van der Waals surface area contributed by atoms with Gasteiger partial charge in [0, 0.05) is 100 Å².